The topological polar surface area (TPSA) is 0 Å². The number of hydrogen-bond donors (Lipinski definition) is 0. The Kier molecular flexibility index (Phi) is 4.90. The van der Waals surface area contributed by atoms with Gasteiger partial charge in [0.25, 0.3) is 0 Å². The molecule has 0 radical (unpaired) electrons. The van der Waals surface area contributed by atoms with Crippen molar-refractivity contribution in [2.24, 2.45) is 0 Å². The zero-order valence-corrected chi connectivity index (χ0v) is 6.18. The molecule has 0 aromatic heterocycles. The van der Waals surface area contributed by atoms with Crippen LogP contribution in [0.5, 0.6) is 0 Å². The minimum absolute atomic E-state index is 0. The van der Waals surface area contributed by atoms with E-state index in [9.17, 15) is 13.2 Å². The van der Waals surface area contributed by atoms with Crippen LogP contribution in [0.1, 0.15) is 5.56 Å². The molecule has 0 saturated carbocycles. The van der Waals surface area contributed by atoms with E-state index in [-0.39, 0.29) is 24.9 Å². The summed E-state index contributed by atoms with van der Waals surface area (Å²) in [5, 5.41) is 0. The van der Waals surface area contributed by atoms with Crippen LogP contribution in [0.25, 0.3) is 6.08 Å². The maximum absolute atomic E-state index is 11.7. The molecule has 0 aliphatic rings. The molecule has 13 heavy (non-hydrogen) atoms. The molecule has 0 N–H and O–H groups in total. The number of rotatable bonds is 1. The average molecular weight is 180 g/mol. The van der Waals surface area contributed by atoms with Gasteiger partial charge >= 0.3 is 25.0 Å². The third kappa shape index (κ3) is 5.57. The zero-order chi connectivity index (χ0) is 9.03. The summed E-state index contributed by atoms with van der Waals surface area (Å²) in [6.45, 7) is 0. The fourth-order valence-electron chi connectivity index (χ4n) is 0.755. The summed E-state index contributed by atoms with van der Waals surface area (Å²) in [6, 6.07) is 8.36. The van der Waals surface area contributed by atoms with Crippen LogP contribution in [-0.4, -0.2) is 25.0 Å². The first kappa shape index (κ1) is 12.3. The van der Waals surface area contributed by atoms with Crippen molar-refractivity contribution in [1.29, 1.82) is 0 Å². The molecule has 0 unspecified atom stereocenters. The van der Waals surface area contributed by atoms with E-state index in [1.165, 1.54) is 0 Å². The van der Waals surface area contributed by atoms with Crippen LogP contribution in [0.3, 0.4) is 0 Å². The van der Waals surface area contributed by atoms with Crippen molar-refractivity contribution >= 4 is 24.9 Å². The molecule has 0 aliphatic carbocycles. The Bertz CT molecular complexity index is 264. The van der Waals surface area contributed by atoms with Crippen molar-refractivity contribution in [1.82, 2.24) is 0 Å². The first-order chi connectivity index (χ1) is 5.58. The van der Waals surface area contributed by atoms with Crippen molar-refractivity contribution in [3.05, 3.63) is 42.0 Å². The Morgan fingerprint density at radius 3 is 2.00 bits per heavy atom. The van der Waals surface area contributed by atoms with E-state index in [2.05, 4.69) is 0 Å². The van der Waals surface area contributed by atoms with Gasteiger partial charge in [-0.25, -0.2) is 0 Å². The Morgan fingerprint density at radius 2 is 1.54 bits per heavy atom. The van der Waals surface area contributed by atoms with Crippen molar-refractivity contribution < 1.29 is 13.2 Å². The molecule has 1 rings (SSSR count). The molecule has 4 heteroatoms. The van der Waals surface area contributed by atoms with Gasteiger partial charge in [-0.1, -0.05) is 36.4 Å². The van der Waals surface area contributed by atoms with Crippen molar-refractivity contribution in [2.75, 3.05) is 0 Å². The standard InChI is InChI=1S/C9H7F3.Li.H/c10-9(11,12)7-6-8-4-2-1-3-5-8;;/h1-7H;;. The molecule has 0 amide bonds. The van der Waals surface area contributed by atoms with Gasteiger partial charge in [0.15, 0.2) is 0 Å². The molecule has 0 saturated heterocycles. The zero-order valence-electron chi connectivity index (χ0n) is 6.18. The summed E-state index contributed by atoms with van der Waals surface area (Å²) < 4.78 is 35.0. The third-order valence-electron chi connectivity index (χ3n) is 1.26. The molecular formula is C9H8F3Li. The van der Waals surface area contributed by atoms with E-state index in [0.717, 1.165) is 6.08 Å². The summed E-state index contributed by atoms with van der Waals surface area (Å²) in [6.07, 6.45) is -2.96. The Hall–Kier alpha value is -0.653. The van der Waals surface area contributed by atoms with Gasteiger partial charge in [0, 0.05) is 6.08 Å². The first-order valence-corrected chi connectivity index (χ1v) is 3.39. The summed E-state index contributed by atoms with van der Waals surface area (Å²) in [7, 11) is 0. The molecule has 0 spiro atoms. The van der Waals surface area contributed by atoms with Gasteiger partial charge in [-0.3, -0.25) is 0 Å². The van der Waals surface area contributed by atoms with Crippen LogP contribution >= 0.6 is 0 Å². The van der Waals surface area contributed by atoms with E-state index in [0.29, 0.717) is 5.56 Å². The first-order valence-electron chi connectivity index (χ1n) is 3.39. The van der Waals surface area contributed by atoms with Gasteiger partial charge in [-0.05, 0) is 5.56 Å². The summed E-state index contributed by atoms with van der Waals surface area (Å²) in [5.74, 6) is 0. The van der Waals surface area contributed by atoms with Crippen LogP contribution in [0, 0.1) is 0 Å². The van der Waals surface area contributed by atoms with Crippen LogP contribution in [0.4, 0.5) is 13.2 Å². The number of halogens is 3. The van der Waals surface area contributed by atoms with Gasteiger partial charge < -0.3 is 0 Å². The molecule has 0 nitrogen and oxygen atoms in total. The fourth-order valence-corrected chi connectivity index (χ4v) is 0.755. The number of hydrogen-bond acceptors (Lipinski definition) is 0. The van der Waals surface area contributed by atoms with Gasteiger partial charge in [-0.2, -0.15) is 13.2 Å². The van der Waals surface area contributed by atoms with E-state index < -0.39 is 6.18 Å². The predicted molar refractivity (Wildman–Crippen MR) is 48.7 cm³/mol. The second-order valence-electron chi connectivity index (χ2n) is 2.29. The van der Waals surface area contributed by atoms with E-state index in [1.807, 2.05) is 0 Å². The van der Waals surface area contributed by atoms with E-state index >= 15 is 0 Å². The van der Waals surface area contributed by atoms with Crippen LogP contribution < -0.4 is 0 Å². The minimum atomic E-state index is -4.23. The second kappa shape index (κ2) is 5.16. The molecular weight excluding hydrogens is 172 g/mol. The van der Waals surface area contributed by atoms with Crippen LogP contribution in [0.2, 0.25) is 0 Å². The molecule has 0 fully saturated rings. The average Bonchev–Trinajstić information content (AvgIpc) is 2.02. The summed E-state index contributed by atoms with van der Waals surface area (Å²) >= 11 is 0. The van der Waals surface area contributed by atoms with E-state index in [1.54, 1.807) is 30.3 Å². The summed E-state index contributed by atoms with van der Waals surface area (Å²) in [5.41, 5.74) is 0.551. The SMILES string of the molecule is FC(F)(F)C=Cc1ccccc1.[LiH]. The predicted octanol–water partition coefficient (Wildman–Crippen LogP) is 2.61. The van der Waals surface area contributed by atoms with Crippen molar-refractivity contribution in [3.63, 3.8) is 0 Å². The van der Waals surface area contributed by atoms with Crippen LogP contribution in [-0.2, 0) is 0 Å². The van der Waals surface area contributed by atoms with Gasteiger partial charge in [0.05, 0.1) is 0 Å². The van der Waals surface area contributed by atoms with Gasteiger partial charge in [-0.15, -0.1) is 0 Å². The number of alkyl halides is 3. The van der Waals surface area contributed by atoms with Crippen LogP contribution in [0.15, 0.2) is 36.4 Å². The molecule has 66 valence electrons. The number of benzene rings is 1. The normalized spacial score (nSPS) is 11.3. The third-order valence-corrected chi connectivity index (χ3v) is 1.26. The molecule has 0 heterocycles. The molecule has 1 aromatic rings. The molecule has 1 aromatic carbocycles. The Labute approximate surface area is 86.6 Å². The summed E-state index contributed by atoms with van der Waals surface area (Å²) in [4.78, 5) is 0. The van der Waals surface area contributed by atoms with Gasteiger partial charge in [0.2, 0.25) is 0 Å². The maximum atomic E-state index is 11.7. The second-order valence-corrected chi connectivity index (χ2v) is 2.29. The number of allylic oxidation sites excluding steroid dienone is 1. The molecule has 0 atom stereocenters. The van der Waals surface area contributed by atoms with Gasteiger partial charge in [0.1, 0.15) is 0 Å². The monoisotopic (exact) mass is 180 g/mol. The van der Waals surface area contributed by atoms with E-state index in [4.69, 9.17) is 0 Å². The molecule has 0 bridgehead atoms. The van der Waals surface area contributed by atoms with Crippen molar-refractivity contribution in [3.8, 4) is 0 Å². The Balaban J connectivity index is 0.00000144. The Morgan fingerprint density at radius 1 is 1.00 bits per heavy atom. The molecule has 0 aliphatic heterocycles. The fraction of sp³-hybridized carbons (Fsp3) is 0.111. The van der Waals surface area contributed by atoms with Crippen molar-refractivity contribution in [2.45, 2.75) is 6.18 Å². The quantitative estimate of drug-likeness (QED) is 0.582.